The summed E-state index contributed by atoms with van der Waals surface area (Å²) in [6.07, 6.45) is 5.54. The highest BCUT2D eigenvalue weighted by molar-refractivity contribution is 7.18. The minimum absolute atomic E-state index is 0.805. The predicted octanol–water partition coefficient (Wildman–Crippen LogP) is 3.11. The van der Waals surface area contributed by atoms with Gasteiger partial charge in [0.2, 0.25) is 0 Å². The maximum absolute atomic E-state index is 4.43. The number of piperidine rings is 1. The summed E-state index contributed by atoms with van der Waals surface area (Å²) in [6, 6.07) is 0. The Kier molecular flexibility index (Phi) is 4.17. The minimum Gasteiger partial charge on any atom is -0.369 e. The first kappa shape index (κ1) is 13.8. The molecule has 0 aromatic carbocycles. The van der Waals surface area contributed by atoms with Crippen molar-refractivity contribution in [2.24, 2.45) is 5.92 Å². The monoisotopic (exact) mass is 290 g/mol. The summed E-state index contributed by atoms with van der Waals surface area (Å²) < 4.78 is 0. The molecule has 1 aliphatic heterocycles. The second kappa shape index (κ2) is 6.06. The quantitative estimate of drug-likeness (QED) is 0.908. The van der Waals surface area contributed by atoms with E-state index in [0.29, 0.717) is 0 Å². The molecule has 3 rings (SSSR count). The summed E-state index contributed by atoms with van der Waals surface area (Å²) in [5.41, 5.74) is 1.31. The lowest BCUT2D eigenvalue weighted by molar-refractivity contribution is 0.364. The molecule has 108 valence electrons. The highest BCUT2D eigenvalue weighted by Crippen LogP contribution is 2.32. The normalized spacial score (nSPS) is 19.4. The number of hydrogen-bond donors (Lipinski definition) is 2. The Morgan fingerprint density at radius 2 is 2.30 bits per heavy atom. The Balaban J connectivity index is 1.68. The van der Waals surface area contributed by atoms with Crippen LogP contribution >= 0.6 is 11.3 Å². The summed E-state index contributed by atoms with van der Waals surface area (Å²) in [6.45, 7) is 7.65. The first-order valence-corrected chi connectivity index (χ1v) is 8.22. The Hall–Kier alpha value is -1.20. The van der Waals surface area contributed by atoms with Gasteiger partial charge in [-0.05, 0) is 57.7 Å². The molecule has 0 aliphatic carbocycles. The van der Waals surface area contributed by atoms with Crippen LogP contribution in [-0.4, -0.2) is 29.6 Å². The van der Waals surface area contributed by atoms with E-state index in [1.807, 2.05) is 0 Å². The van der Waals surface area contributed by atoms with Gasteiger partial charge >= 0.3 is 0 Å². The molecule has 3 heterocycles. The van der Waals surface area contributed by atoms with E-state index in [0.717, 1.165) is 29.7 Å². The Morgan fingerprint density at radius 3 is 3.10 bits per heavy atom. The maximum atomic E-state index is 4.43. The van der Waals surface area contributed by atoms with Gasteiger partial charge in [0.25, 0.3) is 0 Å². The van der Waals surface area contributed by atoms with Crippen LogP contribution in [0.1, 0.15) is 29.7 Å². The number of nitrogens with zero attached hydrogens (tertiary/aromatic N) is 2. The van der Waals surface area contributed by atoms with E-state index in [9.17, 15) is 0 Å². The Morgan fingerprint density at radius 1 is 1.40 bits per heavy atom. The lowest BCUT2D eigenvalue weighted by Crippen LogP contribution is -2.30. The van der Waals surface area contributed by atoms with Gasteiger partial charge in [-0.3, -0.25) is 0 Å². The van der Waals surface area contributed by atoms with E-state index >= 15 is 0 Å². The number of anilines is 1. The molecule has 4 nitrogen and oxygen atoms in total. The van der Waals surface area contributed by atoms with Crippen molar-refractivity contribution < 1.29 is 0 Å². The zero-order valence-corrected chi connectivity index (χ0v) is 13.0. The van der Waals surface area contributed by atoms with E-state index in [1.54, 1.807) is 17.7 Å². The van der Waals surface area contributed by atoms with Crippen molar-refractivity contribution >= 4 is 27.4 Å². The minimum atomic E-state index is 0.805. The molecule has 0 amide bonds. The van der Waals surface area contributed by atoms with Gasteiger partial charge in [-0.15, -0.1) is 11.3 Å². The van der Waals surface area contributed by atoms with E-state index in [-0.39, 0.29) is 0 Å². The molecule has 5 heteroatoms. The summed E-state index contributed by atoms with van der Waals surface area (Å²) in [7, 11) is 0. The smallest absolute Gasteiger partial charge is 0.138 e. The van der Waals surface area contributed by atoms with Crippen molar-refractivity contribution in [3.63, 3.8) is 0 Å². The van der Waals surface area contributed by atoms with Crippen LogP contribution in [0.15, 0.2) is 6.33 Å². The van der Waals surface area contributed by atoms with Crippen molar-refractivity contribution in [3.05, 3.63) is 16.8 Å². The van der Waals surface area contributed by atoms with Crippen LogP contribution in [-0.2, 0) is 0 Å². The predicted molar refractivity (Wildman–Crippen MR) is 85.6 cm³/mol. The van der Waals surface area contributed by atoms with Crippen LogP contribution in [0.2, 0.25) is 0 Å². The molecule has 1 unspecified atom stereocenters. The number of aryl methyl sites for hydroxylation is 2. The van der Waals surface area contributed by atoms with Gasteiger partial charge in [0, 0.05) is 11.4 Å². The molecule has 20 heavy (non-hydrogen) atoms. The fourth-order valence-corrected chi connectivity index (χ4v) is 3.88. The van der Waals surface area contributed by atoms with E-state index in [2.05, 4.69) is 34.4 Å². The molecule has 2 aromatic rings. The second-order valence-corrected chi connectivity index (χ2v) is 6.82. The zero-order chi connectivity index (χ0) is 13.9. The van der Waals surface area contributed by atoms with Crippen LogP contribution < -0.4 is 10.6 Å². The van der Waals surface area contributed by atoms with Gasteiger partial charge in [0.1, 0.15) is 17.0 Å². The SMILES string of the molecule is Cc1sc2ncnc(NCCC3CCCNC3)c2c1C. The average molecular weight is 290 g/mol. The van der Waals surface area contributed by atoms with E-state index in [1.165, 1.54) is 41.6 Å². The van der Waals surface area contributed by atoms with Gasteiger partial charge in [-0.25, -0.2) is 9.97 Å². The largest absolute Gasteiger partial charge is 0.369 e. The molecule has 2 aromatic heterocycles. The van der Waals surface area contributed by atoms with Crippen LogP contribution in [0.4, 0.5) is 5.82 Å². The third-order valence-corrected chi connectivity index (χ3v) is 5.32. The summed E-state index contributed by atoms with van der Waals surface area (Å²) in [5, 5.41) is 8.20. The molecule has 1 saturated heterocycles. The van der Waals surface area contributed by atoms with Crippen LogP contribution in [0, 0.1) is 19.8 Å². The van der Waals surface area contributed by atoms with Crippen molar-refractivity contribution in [2.45, 2.75) is 33.1 Å². The van der Waals surface area contributed by atoms with Gasteiger partial charge in [-0.1, -0.05) is 0 Å². The molecular formula is C15H22N4S. The topological polar surface area (TPSA) is 49.8 Å². The third-order valence-electron chi connectivity index (χ3n) is 4.21. The molecule has 0 saturated carbocycles. The zero-order valence-electron chi connectivity index (χ0n) is 12.2. The number of nitrogens with one attached hydrogen (secondary N) is 2. The third kappa shape index (κ3) is 2.79. The fourth-order valence-electron chi connectivity index (χ4n) is 2.88. The molecule has 1 aliphatic rings. The van der Waals surface area contributed by atoms with Gasteiger partial charge in [0.15, 0.2) is 0 Å². The molecule has 1 fully saturated rings. The number of fused-ring (bicyclic) bond motifs is 1. The highest BCUT2D eigenvalue weighted by atomic mass is 32.1. The standard InChI is InChI=1S/C15H22N4S/c1-10-11(2)20-15-13(10)14(18-9-19-15)17-7-5-12-4-3-6-16-8-12/h9,12,16H,3-8H2,1-2H3,(H,17,18,19). The molecule has 1 atom stereocenters. The van der Waals surface area contributed by atoms with Crippen molar-refractivity contribution in [2.75, 3.05) is 25.0 Å². The molecule has 0 radical (unpaired) electrons. The molecule has 2 N–H and O–H groups in total. The summed E-state index contributed by atoms with van der Waals surface area (Å²) in [5.74, 6) is 1.81. The molecular weight excluding hydrogens is 268 g/mol. The number of hydrogen-bond acceptors (Lipinski definition) is 5. The number of rotatable bonds is 4. The van der Waals surface area contributed by atoms with Gasteiger partial charge < -0.3 is 10.6 Å². The van der Waals surface area contributed by atoms with Gasteiger partial charge in [-0.2, -0.15) is 0 Å². The average Bonchev–Trinajstić information content (AvgIpc) is 2.76. The lowest BCUT2D eigenvalue weighted by Gasteiger charge is -2.22. The summed E-state index contributed by atoms with van der Waals surface area (Å²) in [4.78, 5) is 11.2. The number of thiophene rings is 1. The van der Waals surface area contributed by atoms with Crippen LogP contribution in [0.25, 0.3) is 10.2 Å². The van der Waals surface area contributed by atoms with Crippen LogP contribution in [0.3, 0.4) is 0 Å². The number of aromatic nitrogens is 2. The Bertz CT molecular complexity index is 587. The second-order valence-electron chi connectivity index (χ2n) is 5.61. The van der Waals surface area contributed by atoms with Crippen LogP contribution in [0.5, 0.6) is 0 Å². The highest BCUT2D eigenvalue weighted by Gasteiger charge is 2.14. The van der Waals surface area contributed by atoms with Crippen molar-refractivity contribution in [3.8, 4) is 0 Å². The van der Waals surface area contributed by atoms with Crippen molar-refractivity contribution in [1.82, 2.24) is 15.3 Å². The molecule has 0 bridgehead atoms. The van der Waals surface area contributed by atoms with Crippen molar-refractivity contribution in [1.29, 1.82) is 0 Å². The first-order valence-electron chi connectivity index (χ1n) is 7.41. The molecule has 0 spiro atoms. The van der Waals surface area contributed by atoms with E-state index < -0.39 is 0 Å². The summed E-state index contributed by atoms with van der Waals surface area (Å²) >= 11 is 1.75. The first-order chi connectivity index (χ1) is 9.75. The Labute approximate surface area is 124 Å². The lowest BCUT2D eigenvalue weighted by atomic mass is 9.96. The van der Waals surface area contributed by atoms with Gasteiger partial charge in [0.05, 0.1) is 5.39 Å². The van der Waals surface area contributed by atoms with E-state index in [4.69, 9.17) is 0 Å². The maximum Gasteiger partial charge on any atom is 0.138 e. The fraction of sp³-hybridized carbons (Fsp3) is 0.600.